The summed E-state index contributed by atoms with van der Waals surface area (Å²) in [7, 11) is 0. The number of aromatic nitrogens is 2. The molecular formula is C15H25N5O. The largest absolute Gasteiger partial charge is 0.361 e. The molecule has 0 radical (unpaired) electrons. The van der Waals surface area contributed by atoms with Crippen molar-refractivity contribution in [2.24, 2.45) is 0 Å². The Bertz CT molecular complexity index is 471. The minimum atomic E-state index is 0.149. The summed E-state index contributed by atoms with van der Waals surface area (Å²) in [5.74, 6) is 1.49. The van der Waals surface area contributed by atoms with Crippen molar-refractivity contribution in [1.29, 1.82) is 0 Å². The lowest BCUT2D eigenvalue weighted by Crippen LogP contribution is -2.39. The molecule has 6 heteroatoms. The Kier molecular flexibility index (Phi) is 5.78. The average molecular weight is 291 g/mol. The normalized spacial score (nSPS) is 14.9. The second-order valence-electron chi connectivity index (χ2n) is 5.45. The Morgan fingerprint density at radius 3 is 2.76 bits per heavy atom. The standard InChI is InChI=1S/C15H25N5O/c1-3-7-16-15-18-10-12(2)14(19-15)17-11-13(21)20-8-5-4-6-9-20/h10H,3-9,11H2,1-2H3,(H2,16,17,18,19). The van der Waals surface area contributed by atoms with E-state index in [1.165, 1.54) is 6.42 Å². The Balaban J connectivity index is 1.90. The van der Waals surface area contributed by atoms with Crippen molar-refractivity contribution in [2.45, 2.75) is 39.5 Å². The van der Waals surface area contributed by atoms with Crippen LogP contribution in [-0.4, -0.2) is 47.0 Å². The highest BCUT2D eigenvalue weighted by atomic mass is 16.2. The van der Waals surface area contributed by atoms with E-state index in [0.717, 1.165) is 50.3 Å². The van der Waals surface area contributed by atoms with Gasteiger partial charge in [0.05, 0.1) is 6.54 Å². The number of aryl methyl sites for hydroxylation is 1. The number of piperidine rings is 1. The van der Waals surface area contributed by atoms with E-state index in [1.54, 1.807) is 6.20 Å². The van der Waals surface area contributed by atoms with E-state index in [1.807, 2.05) is 11.8 Å². The van der Waals surface area contributed by atoms with Crippen molar-refractivity contribution >= 4 is 17.7 Å². The van der Waals surface area contributed by atoms with E-state index in [-0.39, 0.29) is 5.91 Å². The van der Waals surface area contributed by atoms with Gasteiger partial charge in [0.15, 0.2) is 0 Å². The summed E-state index contributed by atoms with van der Waals surface area (Å²) in [6.07, 6.45) is 6.26. The van der Waals surface area contributed by atoms with Gasteiger partial charge in [-0.05, 0) is 32.6 Å². The number of carbonyl (C=O) groups is 1. The molecule has 0 aliphatic carbocycles. The maximum Gasteiger partial charge on any atom is 0.241 e. The van der Waals surface area contributed by atoms with Gasteiger partial charge in [-0.15, -0.1) is 0 Å². The van der Waals surface area contributed by atoms with Crippen molar-refractivity contribution in [3.05, 3.63) is 11.8 Å². The third-order valence-electron chi connectivity index (χ3n) is 3.62. The summed E-state index contributed by atoms with van der Waals surface area (Å²) in [5.41, 5.74) is 0.948. The van der Waals surface area contributed by atoms with Crippen LogP contribution >= 0.6 is 0 Å². The first kappa shape index (κ1) is 15.5. The molecule has 1 amide bonds. The van der Waals surface area contributed by atoms with Crippen molar-refractivity contribution in [3.8, 4) is 0 Å². The summed E-state index contributed by atoms with van der Waals surface area (Å²) in [5, 5.41) is 6.30. The Labute approximate surface area is 126 Å². The second kappa shape index (κ2) is 7.81. The van der Waals surface area contributed by atoms with Crippen LogP contribution in [0.5, 0.6) is 0 Å². The molecule has 1 aromatic rings. The van der Waals surface area contributed by atoms with Gasteiger partial charge in [-0.1, -0.05) is 6.92 Å². The van der Waals surface area contributed by atoms with Gasteiger partial charge in [0, 0.05) is 31.4 Å². The lowest BCUT2D eigenvalue weighted by molar-refractivity contribution is -0.130. The quantitative estimate of drug-likeness (QED) is 0.839. The number of rotatable bonds is 6. The first-order valence-corrected chi connectivity index (χ1v) is 7.80. The zero-order chi connectivity index (χ0) is 15.1. The summed E-state index contributed by atoms with van der Waals surface area (Å²) in [6.45, 7) is 6.94. The van der Waals surface area contributed by atoms with E-state index in [9.17, 15) is 4.79 Å². The molecule has 1 aliphatic rings. The zero-order valence-corrected chi connectivity index (χ0v) is 13.0. The van der Waals surface area contributed by atoms with E-state index >= 15 is 0 Å². The zero-order valence-electron chi connectivity index (χ0n) is 13.0. The van der Waals surface area contributed by atoms with Crippen LogP contribution in [0.25, 0.3) is 0 Å². The molecule has 2 N–H and O–H groups in total. The average Bonchev–Trinajstić information content (AvgIpc) is 2.53. The van der Waals surface area contributed by atoms with Crippen molar-refractivity contribution in [1.82, 2.24) is 14.9 Å². The maximum atomic E-state index is 12.1. The molecule has 0 saturated carbocycles. The van der Waals surface area contributed by atoms with Crippen LogP contribution in [0.2, 0.25) is 0 Å². The summed E-state index contributed by atoms with van der Waals surface area (Å²) < 4.78 is 0. The fraction of sp³-hybridized carbons (Fsp3) is 0.667. The molecule has 0 atom stereocenters. The van der Waals surface area contributed by atoms with Gasteiger partial charge >= 0.3 is 0 Å². The van der Waals surface area contributed by atoms with Crippen molar-refractivity contribution in [3.63, 3.8) is 0 Å². The van der Waals surface area contributed by atoms with E-state index in [4.69, 9.17) is 0 Å². The number of anilines is 2. The molecule has 1 saturated heterocycles. The molecular weight excluding hydrogens is 266 g/mol. The Morgan fingerprint density at radius 2 is 2.05 bits per heavy atom. The van der Waals surface area contributed by atoms with Gasteiger partial charge in [0.1, 0.15) is 5.82 Å². The van der Waals surface area contributed by atoms with E-state index in [0.29, 0.717) is 12.5 Å². The van der Waals surface area contributed by atoms with E-state index < -0.39 is 0 Å². The first-order valence-electron chi connectivity index (χ1n) is 7.80. The molecule has 116 valence electrons. The molecule has 0 unspecified atom stereocenters. The van der Waals surface area contributed by atoms with Gasteiger partial charge in [-0.2, -0.15) is 4.98 Å². The van der Waals surface area contributed by atoms with Gasteiger partial charge in [-0.3, -0.25) is 4.79 Å². The lowest BCUT2D eigenvalue weighted by Gasteiger charge is -2.26. The summed E-state index contributed by atoms with van der Waals surface area (Å²) in [6, 6.07) is 0. The lowest BCUT2D eigenvalue weighted by atomic mass is 10.1. The third kappa shape index (κ3) is 4.58. The Morgan fingerprint density at radius 1 is 1.29 bits per heavy atom. The maximum absolute atomic E-state index is 12.1. The predicted octanol–water partition coefficient (Wildman–Crippen LogP) is 2.03. The fourth-order valence-corrected chi connectivity index (χ4v) is 2.36. The number of nitrogens with one attached hydrogen (secondary N) is 2. The first-order chi connectivity index (χ1) is 10.2. The predicted molar refractivity (Wildman–Crippen MR) is 84.5 cm³/mol. The minimum absolute atomic E-state index is 0.149. The van der Waals surface area contributed by atoms with Gasteiger partial charge in [-0.25, -0.2) is 4.98 Å². The van der Waals surface area contributed by atoms with Gasteiger partial charge < -0.3 is 15.5 Å². The van der Waals surface area contributed by atoms with Crippen LogP contribution in [0.1, 0.15) is 38.2 Å². The van der Waals surface area contributed by atoms with Gasteiger partial charge in [0.25, 0.3) is 0 Å². The topological polar surface area (TPSA) is 70.2 Å². The second-order valence-corrected chi connectivity index (χ2v) is 5.45. The van der Waals surface area contributed by atoms with Crippen molar-refractivity contribution < 1.29 is 4.79 Å². The molecule has 0 aromatic carbocycles. The number of amides is 1. The number of likely N-dealkylation sites (tertiary alicyclic amines) is 1. The van der Waals surface area contributed by atoms with Crippen LogP contribution in [0.4, 0.5) is 11.8 Å². The highest BCUT2D eigenvalue weighted by Gasteiger charge is 2.16. The SMILES string of the molecule is CCCNc1ncc(C)c(NCC(=O)N2CCCCC2)n1. The minimum Gasteiger partial charge on any atom is -0.361 e. The van der Waals surface area contributed by atoms with Crippen molar-refractivity contribution in [2.75, 3.05) is 36.8 Å². The van der Waals surface area contributed by atoms with E-state index in [2.05, 4.69) is 27.5 Å². The molecule has 0 bridgehead atoms. The highest BCUT2D eigenvalue weighted by molar-refractivity contribution is 5.80. The smallest absolute Gasteiger partial charge is 0.241 e. The van der Waals surface area contributed by atoms with Crippen LogP contribution in [0, 0.1) is 6.92 Å². The number of nitrogens with zero attached hydrogens (tertiary/aromatic N) is 3. The highest BCUT2D eigenvalue weighted by Crippen LogP contribution is 2.13. The molecule has 2 heterocycles. The van der Waals surface area contributed by atoms with Crippen LogP contribution in [-0.2, 0) is 4.79 Å². The molecule has 6 nitrogen and oxygen atoms in total. The summed E-state index contributed by atoms with van der Waals surface area (Å²) in [4.78, 5) is 22.7. The number of hydrogen-bond donors (Lipinski definition) is 2. The fourth-order valence-electron chi connectivity index (χ4n) is 2.36. The number of hydrogen-bond acceptors (Lipinski definition) is 5. The Hall–Kier alpha value is -1.85. The van der Waals surface area contributed by atoms with Crippen LogP contribution in [0.3, 0.4) is 0 Å². The molecule has 0 spiro atoms. The van der Waals surface area contributed by atoms with Crippen LogP contribution in [0.15, 0.2) is 6.20 Å². The summed E-state index contributed by atoms with van der Waals surface area (Å²) >= 11 is 0. The number of carbonyl (C=O) groups excluding carboxylic acids is 1. The van der Waals surface area contributed by atoms with Crippen LogP contribution < -0.4 is 10.6 Å². The molecule has 21 heavy (non-hydrogen) atoms. The molecule has 1 aliphatic heterocycles. The van der Waals surface area contributed by atoms with Gasteiger partial charge in [0.2, 0.25) is 11.9 Å². The molecule has 1 aromatic heterocycles. The third-order valence-corrected chi connectivity index (χ3v) is 3.62. The molecule has 2 rings (SSSR count). The molecule has 1 fully saturated rings. The monoisotopic (exact) mass is 291 g/mol.